The number of aromatic nitrogens is 2. The summed E-state index contributed by atoms with van der Waals surface area (Å²) >= 11 is 0. The molecule has 0 spiro atoms. The molecule has 8 heteroatoms. The van der Waals surface area contributed by atoms with Gasteiger partial charge in [0.1, 0.15) is 5.65 Å². The number of aliphatic hydroxyl groups is 1. The van der Waals surface area contributed by atoms with Crippen LogP contribution < -0.4 is 0 Å². The number of aliphatic hydroxyl groups excluding tert-OH is 1. The van der Waals surface area contributed by atoms with Gasteiger partial charge < -0.3 is 14.8 Å². The molecule has 0 saturated carbocycles. The molecule has 0 aliphatic rings. The van der Waals surface area contributed by atoms with Crippen LogP contribution >= 0.6 is 0 Å². The van der Waals surface area contributed by atoms with Crippen molar-refractivity contribution in [1.29, 1.82) is 0 Å². The quantitative estimate of drug-likeness (QED) is 0.913. The summed E-state index contributed by atoms with van der Waals surface area (Å²) in [6.45, 7) is 2.57. The molecule has 2 N–H and O–H groups in total. The maximum atomic E-state index is 12.7. The van der Waals surface area contributed by atoms with E-state index in [4.69, 9.17) is 0 Å². The standard InChI is InChI=1S/C13H13F3N2O3/c1-6-9(12(20)21)8-4-3-5-17-11(8)18(6)7(2)10(19)13(14,15)16/h3-5,7,10,19H,1-2H3,(H,20,21). The van der Waals surface area contributed by atoms with Gasteiger partial charge in [-0.3, -0.25) is 0 Å². The van der Waals surface area contributed by atoms with E-state index in [9.17, 15) is 28.2 Å². The van der Waals surface area contributed by atoms with Crippen LogP contribution in [0.1, 0.15) is 29.0 Å². The van der Waals surface area contributed by atoms with E-state index in [0.29, 0.717) is 0 Å². The number of aromatic carboxylic acids is 1. The first kappa shape index (κ1) is 15.3. The van der Waals surface area contributed by atoms with Gasteiger partial charge in [-0.15, -0.1) is 0 Å². The number of alkyl halides is 3. The molecule has 0 saturated heterocycles. The Morgan fingerprint density at radius 3 is 2.57 bits per heavy atom. The third kappa shape index (κ3) is 2.46. The summed E-state index contributed by atoms with van der Waals surface area (Å²) in [5.41, 5.74) is 0.106. The maximum Gasteiger partial charge on any atom is 0.416 e. The van der Waals surface area contributed by atoms with Crippen molar-refractivity contribution < 1.29 is 28.2 Å². The van der Waals surface area contributed by atoms with Gasteiger partial charge in [-0.25, -0.2) is 9.78 Å². The third-order valence-electron chi connectivity index (χ3n) is 3.42. The number of pyridine rings is 1. The van der Waals surface area contributed by atoms with Crippen LogP contribution in [-0.4, -0.2) is 38.0 Å². The van der Waals surface area contributed by atoms with E-state index in [1.165, 1.54) is 32.2 Å². The number of hydrogen-bond donors (Lipinski definition) is 2. The van der Waals surface area contributed by atoms with Gasteiger partial charge in [-0.1, -0.05) is 0 Å². The largest absolute Gasteiger partial charge is 0.478 e. The summed E-state index contributed by atoms with van der Waals surface area (Å²) in [5, 5.41) is 18.9. The van der Waals surface area contributed by atoms with Crippen LogP contribution in [0.3, 0.4) is 0 Å². The normalized spacial score (nSPS) is 15.1. The zero-order valence-electron chi connectivity index (χ0n) is 11.2. The van der Waals surface area contributed by atoms with Gasteiger partial charge in [-0.2, -0.15) is 13.2 Å². The van der Waals surface area contributed by atoms with Gasteiger partial charge in [0.2, 0.25) is 0 Å². The summed E-state index contributed by atoms with van der Waals surface area (Å²) in [4.78, 5) is 15.3. The third-order valence-corrected chi connectivity index (χ3v) is 3.42. The van der Waals surface area contributed by atoms with E-state index in [1.54, 1.807) is 0 Å². The van der Waals surface area contributed by atoms with Crippen molar-refractivity contribution in [2.24, 2.45) is 0 Å². The summed E-state index contributed by atoms with van der Waals surface area (Å²) in [6.07, 6.45) is -6.06. The Morgan fingerprint density at radius 2 is 2.05 bits per heavy atom. The van der Waals surface area contributed by atoms with Crippen LogP contribution in [0.2, 0.25) is 0 Å². The van der Waals surface area contributed by atoms with Crippen molar-refractivity contribution in [3.05, 3.63) is 29.6 Å². The van der Waals surface area contributed by atoms with Gasteiger partial charge in [0, 0.05) is 17.3 Å². The Bertz CT molecular complexity index is 694. The zero-order valence-corrected chi connectivity index (χ0v) is 11.2. The Morgan fingerprint density at radius 1 is 1.43 bits per heavy atom. The van der Waals surface area contributed by atoms with Gasteiger partial charge in [0.05, 0.1) is 11.6 Å². The van der Waals surface area contributed by atoms with Crippen molar-refractivity contribution >= 4 is 17.0 Å². The van der Waals surface area contributed by atoms with Crippen molar-refractivity contribution in [3.63, 3.8) is 0 Å². The maximum absolute atomic E-state index is 12.7. The van der Waals surface area contributed by atoms with Crippen molar-refractivity contribution in [2.75, 3.05) is 0 Å². The van der Waals surface area contributed by atoms with Crippen LogP contribution in [-0.2, 0) is 0 Å². The highest BCUT2D eigenvalue weighted by Gasteiger charge is 2.43. The van der Waals surface area contributed by atoms with E-state index in [1.807, 2.05) is 0 Å². The molecule has 2 unspecified atom stereocenters. The van der Waals surface area contributed by atoms with Crippen LogP contribution in [0.15, 0.2) is 18.3 Å². The van der Waals surface area contributed by atoms with Crippen LogP contribution in [0.25, 0.3) is 11.0 Å². The predicted octanol–water partition coefficient (Wildman–Crippen LogP) is 2.53. The first-order valence-electron chi connectivity index (χ1n) is 6.09. The van der Waals surface area contributed by atoms with Gasteiger partial charge >= 0.3 is 12.1 Å². The van der Waals surface area contributed by atoms with E-state index >= 15 is 0 Å². The van der Waals surface area contributed by atoms with Gasteiger partial charge in [0.15, 0.2) is 6.10 Å². The fourth-order valence-electron chi connectivity index (χ4n) is 2.44. The number of carboxylic acid groups (broad SMARTS) is 1. The Labute approximate surface area is 117 Å². The molecule has 0 aliphatic heterocycles. The molecule has 21 heavy (non-hydrogen) atoms. The molecule has 2 atom stereocenters. The second-order valence-electron chi connectivity index (χ2n) is 4.74. The number of carbonyl (C=O) groups is 1. The smallest absolute Gasteiger partial charge is 0.416 e. The molecule has 5 nitrogen and oxygen atoms in total. The van der Waals surface area contributed by atoms with E-state index in [2.05, 4.69) is 4.98 Å². The zero-order chi connectivity index (χ0) is 15.9. The number of fused-ring (bicyclic) bond motifs is 1. The second-order valence-corrected chi connectivity index (χ2v) is 4.74. The number of hydrogen-bond acceptors (Lipinski definition) is 3. The first-order chi connectivity index (χ1) is 9.66. The molecule has 0 aromatic carbocycles. The molecule has 0 fully saturated rings. The lowest BCUT2D eigenvalue weighted by Crippen LogP contribution is -2.36. The van der Waals surface area contributed by atoms with Crippen molar-refractivity contribution in [3.8, 4) is 0 Å². The fraction of sp³-hybridized carbons (Fsp3) is 0.385. The lowest BCUT2D eigenvalue weighted by atomic mass is 10.1. The molecule has 2 aromatic rings. The average molecular weight is 302 g/mol. The molecule has 0 amide bonds. The molecule has 0 aliphatic carbocycles. The fourth-order valence-corrected chi connectivity index (χ4v) is 2.44. The minimum Gasteiger partial charge on any atom is -0.478 e. The Hall–Kier alpha value is -2.09. The molecule has 2 rings (SSSR count). The van der Waals surface area contributed by atoms with Gasteiger partial charge in [-0.05, 0) is 26.0 Å². The highest BCUT2D eigenvalue weighted by atomic mass is 19.4. The Kier molecular flexibility index (Phi) is 3.66. The highest BCUT2D eigenvalue weighted by Crippen LogP contribution is 2.33. The minimum atomic E-state index is -4.80. The van der Waals surface area contributed by atoms with E-state index in [-0.39, 0.29) is 22.3 Å². The summed E-state index contributed by atoms with van der Waals surface area (Å²) in [6, 6.07) is 1.58. The topological polar surface area (TPSA) is 75.3 Å². The molecule has 2 heterocycles. The summed E-state index contributed by atoms with van der Waals surface area (Å²) in [7, 11) is 0. The summed E-state index contributed by atoms with van der Waals surface area (Å²) in [5.74, 6) is -1.25. The van der Waals surface area contributed by atoms with Crippen LogP contribution in [0.5, 0.6) is 0 Å². The molecule has 114 valence electrons. The molecule has 0 radical (unpaired) electrons. The van der Waals surface area contributed by atoms with E-state index < -0.39 is 24.3 Å². The monoisotopic (exact) mass is 302 g/mol. The lowest BCUT2D eigenvalue weighted by molar-refractivity contribution is -0.214. The first-order valence-corrected chi connectivity index (χ1v) is 6.09. The second kappa shape index (κ2) is 5.03. The number of rotatable bonds is 3. The minimum absolute atomic E-state index is 0.100. The molecule has 0 bridgehead atoms. The van der Waals surface area contributed by atoms with Crippen molar-refractivity contribution in [1.82, 2.24) is 9.55 Å². The van der Waals surface area contributed by atoms with Crippen LogP contribution in [0, 0.1) is 6.92 Å². The summed E-state index contributed by atoms with van der Waals surface area (Å²) < 4.78 is 39.2. The highest BCUT2D eigenvalue weighted by molar-refractivity contribution is 6.04. The SMILES string of the molecule is Cc1c(C(=O)O)c2cccnc2n1C(C)C(O)C(F)(F)F. The number of nitrogens with zero attached hydrogens (tertiary/aromatic N) is 2. The number of carboxylic acids is 1. The molecular formula is C13H13F3N2O3. The molecule has 2 aromatic heterocycles. The van der Waals surface area contributed by atoms with Crippen LogP contribution in [0.4, 0.5) is 13.2 Å². The number of halogens is 3. The van der Waals surface area contributed by atoms with E-state index in [0.717, 1.165) is 4.57 Å². The lowest BCUT2D eigenvalue weighted by Gasteiger charge is -2.24. The predicted molar refractivity (Wildman–Crippen MR) is 68.2 cm³/mol. The van der Waals surface area contributed by atoms with Gasteiger partial charge in [0.25, 0.3) is 0 Å². The molecular weight excluding hydrogens is 289 g/mol. The Balaban J connectivity index is 2.70. The average Bonchev–Trinajstić information content (AvgIpc) is 2.68. The van der Waals surface area contributed by atoms with Crippen molar-refractivity contribution in [2.45, 2.75) is 32.2 Å².